The van der Waals surface area contributed by atoms with Crippen LogP contribution in [0.5, 0.6) is 0 Å². The van der Waals surface area contributed by atoms with Gasteiger partial charge in [-0.15, -0.1) is 0 Å². The monoisotopic (exact) mass is 458 g/mol. The Balaban J connectivity index is 1.51. The third kappa shape index (κ3) is 4.08. The number of carbonyl (C=O) groups is 1. The summed E-state index contributed by atoms with van der Waals surface area (Å²) in [5, 5.41) is 21.0. The average Bonchev–Trinajstić information content (AvgIpc) is 3.12. The number of fused-ring (bicyclic) bond motifs is 5. The molecule has 10 atom stereocenters. The Morgan fingerprint density at radius 2 is 1.79 bits per heavy atom. The summed E-state index contributed by atoms with van der Waals surface area (Å²) in [7, 11) is 1.76. The Labute approximate surface area is 200 Å². The van der Waals surface area contributed by atoms with Gasteiger partial charge in [-0.1, -0.05) is 45.4 Å². The SMILES string of the molecule is C=C(CCC(C)C1CCC2C3=CC(=O)C4C(O)C(O)CCC4(C)C3CCC21C)C(C)COC. The second-order valence-corrected chi connectivity index (χ2v) is 12.5. The van der Waals surface area contributed by atoms with Gasteiger partial charge in [0.25, 0.3) is 0 Å². The molecular formula is C29H46O4. The zero-order valence-electron chi connectivity index (χ0n) is 21.5. The van der Waals surface area contributed by atoms with E-state index in [4.69, 9.17) is 4.74 Å². The maximum Gasteiger partial charge on any atom is 0.161 e. The van der Waals surface area contributed by atoms with Crippen molar-refractivity contribution in [3.05, 3.63) is 23.8 Å². The van der Waals surface area contributed by atoms with Gasteiger partial charge in [0.05, 0.1) is 24.7 Å². The van der Waals surface area contributed by atoms with Crippen LogP contribution in [-0.4, -0.2) is 41.9 Å². The molecule has 0 aromatic carbocycles. The minimum absolute atomic E-state index is 0.0548. The van der Waals surface area contributed by atoms with Crippen LogP contribution in [-0.2, 0) is 9.53 Å². The highest BCUT2D eigenvalue weighted by molar-refractivity contribution is 5.95. The van der Waals surface area contributed by atoms with Gasteiger partial charge < -0.3 is 14.9 Å². The van der Waals surface area contributed by atoms with E-state index in [9.17, 15) is 15.0 Å². The van der Waals surface area contributed by atoms with Gasteiger partial charge in [0, 0.05) is 13.0 Å². The van der Waals surface area contributed by atoms with Gasteiger partial charge in [0.2, 0.25) is 0 Å². The summed E-state index contributed by atoms with van der Waals surface area (Å²) in [4.78, 5) is 13.3. The summed E-state index contributed by atoms with van der Waals surface area (Å²) in [6, 6.07) is 0. The number of methoxy groups -OCH3 is 1. The van der Waals surface area contributed by atoms with Gasteiger partial charge in [-0.3, -0.25) is 4.79 Å². The van der Waals surface area contributed by atoms with E-state index in [2.05, 4.69) is 34.3 Å². The van der Waals surface area contributed by atoms with Crippen molar-refractivity contribution < 1.29 is 19.7 Å². The van der Waals surface area contributed by atoms with Gasteiger partial charge in [-0.2, -0.15) is 0 Å². The van der Waals surface area contributed by atoms with Crippen molar-refractivity contribution in [3.8, 4) is 0 Å². The average molecular weight is 459 g/mol. The predicted octanol–water partition coefficient (Wildman–Crippen LogP) is 5.33. The van der Waals surface area contributed by atoms with Crippen LogP contribution < -0.4 is 0 Å². The molecule has 33 heavy (non-hydrogen) atoms. The second kappa shape index (κ2) is 9.24. The van der Waals surface area contributed by atoms with Crippen LogP contribution in [0, 0.1) is 46.3 Å². The van der Waals surface area contributed by atoms with Crippen LogP contribution in [0.15, 0.2) is 23.8 Å². The molecule has 3 saturated carbocycles. The number of hydrogen-bond donors (Lipinski definition) is 2. The minimum atomic E-state index is -0.924. The molecule has 4 rings (SSSR count). The van der Waals surface area contributed by atoms with Gasteiger partial charge in [-0.05, 0) is 91.9 Å². The molecule has 2 N–H and O–H groups in total. The number of allylic oxidation sites excluding steroid dienone is 2. The van der Waals surface area contributed by atoms with Crippen LogP contribution >= 0.6 is 0 Å². The number of aliphatic hydroxyl groups is 2. The Bertz CT molecular complexity index is 801. The first-order valence-corrected chi connectivity index (χ1v) is 13.3. The summed E-state index contributed by atoms with van der Waals surface area (Å²) < 4.78 is 5.31. The fourth-order valence-corrected chi connectivity index (χ4v) is 8.65. The van der Waals surface area contributed by atoms with Gasteiger partial charge in [-0.25, -0.2) is 0 Å². The summed E-state index contributed by atoms with van der Waals surface area (Å²) in [5.41, 5.74) is 2.70. The van der Waals surface area contributed by atoms with E-state index in [1.807, 2.05) is 6.08 Å². The molecule has 0 aliphatic heterocycles. The van der Waals surface area contributed by atoms with E-state index in [0.29, 0.717) is 36.0 Å². The molecule has 0 bridgehead atoms. The van der Waals surface area contributed by atoms with Crippen molar-refractivity contribution in [3.63, 3.8) is 0 Å². The first-order chi connectivity index (χ1) is 15.5. The third-order valence-corrected chi connectivity index (χ3v) is 10.7. The number of carbonyl (C=O) groups excluding carboxylic acids is 1. The zero-order valence-corrected chi connectivity index (χ0v) is 21.5. The summed E-state index contributed by atoms with van der Waals surface area (Å²) in [6.45, 7) is 14.4. The summed E-state index contributed by atoms with van der Waals surface area (Å²) >= 11 is 0. The van der Waals surface area contributed by atoms with E-state index in [1.165, 1.54) is 36.8 Å². The number of hydrogen-bond acceptors (Lipinski definition) is 4. The third-order valence-electron chi connectivity index (χ3n) is 10.7. The fraction of sp³-hybridized carbons (Fsp3) is 0.828. The molecule has 0 spiro atoms. The zero-order chi connectivity index (χ0) is 24.1. The lowest BCUT2D eigenvalue weighted by Gasteiger charge is -2.58. The van der Waals surface area contributed by atoms with E-state index in [1.54, 1.807) is 7.11 Å². The van der Waals surface area contributed by atoms with Crippen molar-refractivity contribution in [2.75, 3.05) is 13.7 Å². The lowest BCUT2D eigenvalue weighted by molar-refractivity contribution is -0.153. The quantitative estimate of drug-likeness (QED) is 0.506. The lowest BCUT2D eigenvalue weighted by Crippen LogP contribution is -2.58. The molecule has 186 valence electrons. The van der Waals surface area contributed by atoms with Crippen molar-refractivity contribution in [1.82, 2.24) is 0 Å². The molecule has 4 heteroatoms. The molecule has 0 heterocycles. The molecule has 0 aromatic rings. The predicted molar refractivity (Wildman–Crippen MR) is 132 cm³/mol. The molecule has 3 fully saturated rings. The molecule has 4 aliphatic rings. The largest absolute Gasteiger partial charge is 0.390 e. The summed E-state index contributed by atoms with van der Waals surface area (Å²) in [5.74, 6) is 2.16. The van der Waals surface area contributed by atoms with Crippen LogP contribution in [0.1, 0.15) is 79.1 Å². The fourth-order valence-electron chi connectivity index (χ4n) is 8.65. The smallest absolute Gasteiger partial charge is 0.161 e. The van der Waals surface area contributed by atoms with Crippen molar-refractivity contribution in [2.24, 2.45) is 46.3 Å². The standard InChI is InChI=1S/C29H46O4/c1-17(19(3)16-33-6)7-8-18(2)21-9-10-22-20-15-25(31)26-27(32)24(30)12-14-29(26,5)23(20)11-13-28(21,22)4/h15,18-19,21-24,26-27,30,32H,1,7-14,16H2,2-6H3. The molecule has 4 nitrogen and oxygen atoms in total. The van der Waals surface area contributed by atoms with Crippen LogP contribution in [0.3, 0.4) is 0 Å². The number of ether oxygens (including phenoxy) is 1. The maximum absolute atomic E-state index is 13.3. The number of aliphatic hydroxyl groups excluding tert-OH is 2. The Kier molecular flexibility index (Phi) is 7.04. The van der Waals surface area contributed by atoms with E-state index in [0.717, 1.165) is 25.9 Å². The first-order valence-electron chi connectivity index (χ1n) is 13.3. The Morgan fingerprint density at radius 1 is 1.12 bits per heavy atom. The lowest BCUT2D eigenvalue weighted by atomic mass is 9.47. The minimum Gasteiger partial charge on any atom is -0.390 e. The number of ketones is 1. The molecule has 0 aromatic heterocycles. The maximum atomic E-state index is 13.3. The molecular weight excluding hydrogens is 412 g/mol. The topological polar surface area (TPSA) is 66.8 Å². The van der Waals surface area contributed by atoms with Crippen LogP contribution in [0.4, 0.5) is 0 Å². The Hall–Kier alpha value is -0.970. The molecule has 0 saturated heterocycles. The second-order valence-electron chi connectivity index (χ2n) is 12.5. The van der Waals surface area contributed by atoms with Crippen molar-refractivity contribution in [1.29, 1.82) is 0 Å². The molecule has 0 amide bonds. The van der Waals surface area contributed by atoms with E-state index >= 15 is 0 Å². The van der Waals surface area contributed by atoms with Crippen LogP contribution in [0.25, 0.3) is 0 Å². The van der Waals surface area contributed by atoms with Crippen molar-refractivity contribution >= 4 is 5.78 Å². The molecule has 10 unspecified atom stereocenters. The van der Waals surface area contributed by atoms with E-state index < -0.39 is 18.1 Å². The summed E-state index contributed by atoms with van der Waals surface area (Å²) in [6.07, 6.45) is 8.59. The van der Waals surface area contributed by atoms with Gasteiger partial charge in [0.15, 0.2) is 5.78 Å². The van der Waals surface area contributed by atoms with E-state index in [-0.39, 0.29) is 16.6 Å². The normalized spacial score (nSPS) is 44.3. The highest BCUT2D eigenvalue weighted by Crippen LogP contribution is 2.66. The number of rotatable bonds is 7. The van der Waals surface area contributed by atoms with Crippen molar-refractivity contribution in [2.45, 2.75) is 91.3 Å². The highest BCUT2D eigenvalue weighted by Gasteiger charge is 2.61. The first kappa shape index (κ1) is 25.1. The molecule has 4 aliphatic carbocycles. The van der Waals surface area contributed by atoms with Gasteiger partial charge >= 0.3 is 0 Å². The molecule has 0 radical (unpaired) electrons. The Morgan fingerprint density at radius 3 is 2.48 bits per heavy atom. The highest BCUT2D eigenvalue weighted by atomic mass is 16.5. The van der Waals surface area contributed by atoms with Gasteiger partial charge in [0.1, 0.15) is 0 Å². The van der Waals surface area contributed by atoms with Crippen LogP contribution in [0.2, 0.25) is 0 Å².